The lowest BCUT2D eigenvalue weighted by Gasteiger charge is -2.30. The molecule has 0 atom stereocenters. The molecule has 30 heavy (non-hydrogen) atoms. The minimum Gasteiger partial charge on any atom is -0.379 e. The van der Waals surface area contributed by atoms with E-state index in [-0.39, 0.29) is 33.0 Å². The number of halogens is 1. The normalized spacial score (nSPS) is 12.1. The second-order valence-corrected chi connectivity index (χ2v) is 10.8. The van der Waals surface area contributed by atoms with E-state index in [4.69, 9.17) is 15.8 Å². The summed E-state index contributed by atoms with van der Waals surface area (Å²) >= 11 is 6.10. The Balaban J connectivity index is 2.26. The molecule has 0 saturated carbocycles. The molecule has 0 spiro atoms. The molecule has 0 saturated heterocycles. The van der Waals surface area contributed by atoms with Crippen molar-refractivity contribution >= 4 is 27.6 Å². The number of rotatable bonds is 7. The zero-order chi connectivity index (χ0) is 22.7. The second kappa shape index (κ2) is 9.40. The number of carbonyl (C=O) groups is 1. The first-order valence-electron chi connectivity index (χ1n) is 9.88. The van der Waals surface area contributed by atoms with Crippen LogP contribution in [0.4, 0.5) is 0 Å². The quantitative estimate of drug-likeness (QED) is 0.515. The van der Waals surface area contributed by atoms with Gasteiger partial charge in [0.25, 0.3) is 0 Å². The molecule has 0 heterocycles. The zero-order valence-corrected chi connectivity index (χ0v) is 20.0. The highest BCUT2D eigenvalue weighted by molar-refractivity contribution is 7.87. The van der Waals surface area contributed by atoms with Crippen LogP contribution in [-0.2, 0) is 21.5 Å². The van der Waals surface area contributed by atoms with E-state index in [9.17, 15) is 13.2 Å². The van der Waals surface area contributed by atoms with Gasteiger partial charge in [-0.3, -0.25) is 4.79 Å². The predicted octanol–water partition coefficient (Wildman–Crippen LogP) is 5.59. The van der Waals surface area contributed by atoms with Crippen molar-refractivity contribution in [2.24, 2.45) is 5.41 Å². The van der Waals surface area contributed by atoms with E-state index in [1.807, 2.05) is 40.7 Å². The van der Waals surface area contributed by atoms with E-state index >= 15 is 0 Å². The molecule has 0 bridgehead atoms. The Labute approximate surface area is 185 Å². The van der Waals surface area contributed by atoms with Gasteiger partial charge in [-0.15, -0.1) is 0 Å². The Morgan fingerprint density at radius 1 is 1.13 bits per heavy atom. The van der Waals surface area contributed by atoms with Gasteiger partial charge in [0.2, 0.25) is 5.91 Å². The van der Waals surface area contributed by atoms with Crippen molar-refractivity contribution < 1.29 is 17.4 Å². The summed E-state index contributed by atoms with van der Waals surface area (Å²) in [4.78, 5) is 14.5. The first-order chi connectivity index (χ1) is 13.8. The van der Waals surface area contributed by atoms with Crippen LogP contribution in [0.3, 0.4) is 0 Å². The molecule has 5 nitrogen and oxygen atoms in total. The van der Waals surface area contributed by atoms with Crippen molar-refractivity contribution in [3.8, 4) is 5.75 Å². The fraction of sp³-hybridized carbons (Fsp3) is 0.435. The van der Waals surface area contributed by atoms with Gasteiger partial charge in [-0.05, 0) is 55.5 Å². The van der Waals surface area contributed by atoms with Crippen molar-refractivity contribution in [2.75, 3.05) is 0 Å². The van der Waals surface area contributed by atoms with E-state index in [0.29, 0.717) is 18.5 Å². The summed E-state index contributed by atoms with van der Waals surface area (Å²) in [6, 6.07) is 11.7. The summed E-state index contributed by atoms with van der Waals surface area (Å²) in [6.07, 6.45) is 0.432. The molecule has 1 amide bonds. The number of amides is 1. The molecule has 0 aromatic heterocycles. The molecule has 0 aliphatic heterocycles. The first kappa shape index (κ1) is 24.2. The van der Waals surface area contributed by atoms with Crippen LogP contribution in [-0.4, -0.2) is 25.3 Å². The highest BCUT2D eigenvalue weighted by atomic mass is 35.5. The van der Waals surface area contributed by atoms with Gasteiger partial charge in [0.15, 0.2) is 0 Å². The average Bonchev–Trinajstić information content (AvgIpc) is 2.57. The van der Waals surface area contributed by atoms with E-state index in [1.165, 1.54) is 6.07 Å². The van der Waals surface area contributed by atoms with Crippen molar-refractivity contribution in [3.05, 3.63) is 58.6 Å². The molecule has 0 aliphatic rings. The topological polar surface area (TPSA) is 63.7 Å². The molecule has 0 radical (unpaired) electrons. The van der Waals surface area contributed by atoms with Crippen LogP contribution in [0.25, 0.3) is 0 Å². The highest BCUT2D eigenvalue weighted by Gasteiger charge is 2.25. The molecular formula is C23H30ClNO4S. The summed E-state index contributed by atoms with van der Waals surface area (Å²) in [7, 11) is -4.09. The second-order valence-electron chi connectivity index (χ2n) is 8.92. The summed E-state index contributed by atoms with van der Waals surface area (Å²) in [5.74, 6) is 0.238. The van der Waals surface area contributed by atoms with Crippen LogP contribution < -0.4 is 4.18 Å². The molecule has 2 aromatic carbocycles. The van der Waals surface area contributed by atoms with Gasteiger partial charge in [-0.25, -0.2) is 0 Å². The number of hydrogen-bond donors (Lipinski definition) is 0. The molecule has 2 rings (SSSR count). The number of aryl methyl sites for hydroxylation is 1. The lowest BCUT2D eigenvalue weighted by molar-refractivity contribution is -0.135. The van der Waals surface area contributed by atoms with Crippen LogP contribution in [0, 0.1) is 12.3 Å². The number of carbonyl (C=O) groups excluding carboxylic acids is 1. The largest absolute Gasteiger partial charge is 0.379 e. The molecule has 0 aliphatic carbocycles. The number of hydrogen-bond acceptors (Lipinski definition) is 4. The van der Waals surface area contributed by atoms with Crippen molar-refractivity contribution in [1.82, 2.24) is 4.90 Å². The summed E-state index contributed by atoms with van der Waals surface area (Å²) in [6.45, 7) is 12.0. The fourth-order valence-corrected chi connectivity index (χ4v) is 4.82. The van der Waals surface area contributed by atoms with Crippen LogP contribution >= 0.6 is 11.6 Å². The average molecular weight is 452 g/mol. The lowest BCUT2D eigenvalue weighted by Crippen LogP contribution is -2.38. The number of nitrogens with zero attached hydrogens (tertiary/aromatic N) is 1. The molecular weight excluding hydrogens is 422 g/mol. The Bertz CT molecular complexity index is 990. The van der Waals surface area contributed by atoms with Gasteiger partial charge < -0.3 is 9.08 Å². The van der Waals surface area contributed by atoms with Gasteiger partial charge in [0, 0.05) is 19.0 Å². The highest BCUT2D eigenvalue weighted by Crippen LogP contribution is 2.29. The van der Waals surface area contributed by atoms with Gasteiger partial charge in [0.05, 0.1) is 5.02 Å². The van der Waals surface area contributed by atoms with Crippen molar-refractivity contribution in [2.45, 2.75) is 65.4 Å². The molecule has 0 N–H and O–H groups in total. The van der Waals surface area contributed by atoms with Crippen LogP contribution in [0.2, 0.25) is 5.02 Å². The maximum absolute atomic E-state index is 12.8. The minimum absolute atomic E-state index is 0.0129. The third-order valence-corrected chi connectivity index (χ3v) is 6.38. The van der Waals surface area contributed by atoms with E-state index in [2.05, 4.69) is 0 Å². The SMILES string of the molecule is Cc1cccc(Cl)c1S(=O)(=O)Oc1cccc(CN(C(=O)CC(C)(C)C)C(C)C)c1. The third kappa shape index (κ3) is 6.47. The molecule has 7 heteroatoms. The summed E-state index contributed by atoms with van der Waals surface area (Å²) in [5.41, 5.74) is 1.18. The molecule has 0 unspecified atom stereocenters. The predicted molar refractivity (Wildman–Crippen MR) is 120 cm³/mol. The monoisotopic (exact) mass is 451 g/mol. The van der Waals surface area contributed by atoms with Crippen molar-refractivity contribution in [1.29, 1.82) is 0 Å². The summed E-state index contributed by atoms with van der Waals surface area (Å²) in [5, 5.41) is 0.116. The molecule has 0 fully saturated rings. The number of benzene rings is 2. The Hall–Kier alpha value is -2.05. The standard InChI is InChI=1S/C23H30ClNO4S/c1-16(2)25(21(26)14-23(4,5)6)15-18-10-8-11-19(13-18)29-30(27,28)22-17(3)9-7-12-20(22)24/h7-13,16H,14-15H2,1-6H3. The van der Waals surface area contributed by atoms with Gasteiger partial charge in [-0.2, -0.15) is 8.42 Å². The maximum atomic E-state index is 12.8. The Kier molecular flexibility index (Phi) is 7.59. The Morgan fingerprint density at radius 2 is 1.77 bits per heavy atom. The minimum atomic E-state index is -4.09. The third-order valence-electron chi connectivity index (χ3n) is 4.50. The maximum Gasteiger partial charge on any atom is 0.340 e. The zero-order valence-electron chi connectivity index (χ0n) is 18.4. The molecule has 2 aromatic rings. The van der Waals surface area contributed by atoms with Crippen LogP contribution in [0.5, 0.6) is 5.75 Å². The lowest BCUT2D eigenvalue weighted by atomic mass is 9.91. The van der Waals surface area contributed by atoms with Gasteiger partial charge in [0.1, 0.15) is 10.6 Å². The van der Waals surface area contributed by atoms with Gasteiger partial charge >= 0.3 is 10.1 Å². The smallest absolute Gasteiger partial charge is 0.340 e. The molecule has 164 valence electrons. The Morgan fingerprint density at radius 3 is 2.33 bits per heavy atom. The van der Waals surface area contributed by atoms with E-state index in [1.54, 1.807) is 42.2 Å². The van der Waals surface area contributed by atoms with Crippen LogP contribution in [0.15, 0.2) is 47.4 Å². The van der Waals surface area contributed by atoms with Crippen molar-refractivity contribution in [3.63, 3.8) is 0 Å². The summed E-state index contributed by atoms with van der Waals surface area (Å²) < 4.78 is 30.9. The van der Waals surface area contributed by atoms with Crippen LogP contribution in [0.1, 0.15) is 52.2 Å². The van der Waals surface area contributed by atoms with Gasteiger partial charge in [-0.1, -0.05) is 56.6 Å². The van der Waals surface area contributed by atoms with E-state index < -0.39 is 10.1 Å². The van der Waals surface area contributed by atoms with E-state index in [0.717, 1.165) is 5.56 Å². The fourth-order valence-electron chi connectivity index (χ4n) is 3.11. The first-order valence-corrected chi connectivity index (χ1v) is 11.7.